The lowest BCUT2D eigenvalue weighted by Gasteiger charge is -2.09. The smallest absolute Gasteiger partial charge is 0.250 e. The second-order valence-corrected chi connectivity index (χ2v) is 4.67. The zero-order chi connectivity index (χ0) is 14.1. The summed E-state index contributed by atoms with van der Waals surface area (Å²) < 4.78 is 1.91. The normalized spacial score (nSPS) is 10.8. The highest BCUT2D eigenvalue weighted by Crippen LogP contribution is 2.22. The first kappa shape index (κ1) is 12.4. The van der Waals surface area contributed by atoms with Crippen LogP contribution in [0.5, 0.6) is 0 Å². The van der Waals surface area contributed by atoms with Gasteiger partial charge >= 0.3 is 0 Å². The lowest BCUT2D eigenvalue weighted by Crippen LogP contribution is -2.14. The number of imidazole rings is 1. The highest BCUT2D eigenvalue weighted by atomic mass is 16.1. The number of amides is 1. The first-order valence-corrected chi connectivity index (χ1v) is 6.56. The summed E-state index contributed by atoms with van der Waals surface area (Å²) in [6, 6.07) is 13.5. The van der Waals surface area contributed by atoms with Gasteiger partial charge in [0.05, 0.1) is 22.3 Å². The fraction of sp³-hybridized carbons (Fsp3) is 0.125. The van der Waals surface area contributed by atoms with Crippen LogP contribution in [0.2, 0.25) is 0 Å². The summed E-state index contributed by atoms with van der Waals surface area (Å²) >= 11 is 0. The van der Waals surface area contributed by atoms with Crippen LogP contribution < -0.4 is 5.73 Å². The van der Waals surface area contributed by atoms with Crippen LogP contribution >= 0.6 is 0 Å². The van der Waals surface area contributed by atoms with E-state index in [4.69, 9.17) is 5.73 Å². The number of carbonyl (C=O) groups is 1. The molecule has 0 radical (unpaired) electrons. The average molecular weight is 265 g/mol. The molecule has 0 bridgehead atoms. The standard InChI is InChI=1S/C16H15N3O/c1-2-11-7-8-13-15(9-11)19(10-18-13)14-6-4-3-5-12(14)16(17)20/h3-10H,2H2,1H3,(H2,17,20). The Morgan fingerprint density at radius 3 is 2.80 bits per heavy atom. The topological polar surface area (TPSA) is 60.9 Å². The molecule has 0 fully saturated rings. The van der Waals surface area contributed by atoms with Crippen LogP contribution in [0.25, 0.3) is 16.7 Å². The van der Waals surface area contributed by atoms with Gasteiger partial charge in [0.1, 0.15) is 6.33 Å². The molecule has 20 heavy (non-hydrogen) atoms. The molecular formula is C16H15N3O. The van der Waals surface area contributed by atoms with Crippen molar-refractivity contribution in [3.05, 3.63) is 59.9 Å². The first-order valence-electron chi connectivity index (χ1n) is 6.56. The van der Waals surface area contributed by atoms with E-state index in [0.29, 0.717) is 5.56 Å². The quantitative estimate of drug-likeness (QED) is 0.791. The molecule has 1 heterocycles. The fourth-order valence-electron chi connectivity index (χ4n) is 2.36. The number of para-hydroxylation sites is 1. The molecule has 0 aliphatic heterocycles. The Bertz CT molecular complexity index is 789. The Kier molecular flexibility index (Phi) is 2.99. The number of nitrogens with two attached hydrogens (primary N) is 1. The summed E-state index contributed by atoms with van der Waals surface area (Å²) in [5, 5.41) is 0. The summed E-state index contributed by atoms with van der Waals surface area (Å²) in [6.45, 7) is 2.11. The van der Waals surface area contributed by atoms with Gasteiger partial charge in [-0.15, -0.1) is 0 Å². The number of nitrogens with zero attached hydrogens (tertiary/aromatic N) is 2. The van der Waals surface area contributed by atoms with Crippen molar-refractivity contribution in [3.63, 3.8) is 0 Å². The SMILES string of the molecule is CCc1ccc2ncn(-c3ccccc3C(N)=O)c2c1. The van der Waals surface area contributed by atoms with Gasteiger partial charge < -0.3 is 5.73 Å². The van der Waals surface area contributed by atoms with E-state index in [1.54, 1.807) is 18.5 Å². The van der Waals surface area contributed by atoms with Crippen molar-refractivity contribution in [2.45, 2.75) is 13.3 Å². The Morgan fingerprint density at radius 2 is 2.05 bits per heavy atom. The van der Waals surface area contributed by atoms with Gasteiger partial charge in [0.2, 0.25) is 0 Å². The molecular weight excluding hydrogens is 250 g/mol. The maximum Gasteiger partial charge on any atom is 0.250 e. The predicted molar refractivity (Wildman–Crippen MR) is 79.0 cm³/mol. The van der Waals surface area contributed by atoms with Crippen LogP contribution in [0.4, 0.5) is 0 Å². The largest absolute Gasteiger partial charge is 0.366 e. The lowest BCUT2D eigenvalue weighted by molar-refractivity contribution is 0.100. The van der Waals surface area contributed by atoms with E-state index < -0.39 is 5.91 Å². The number of hydrogen-bond acceptors (Lipinski definition) is 2. The maximum absolute atomic E-state index is 11.6. The van der Waals surface area contributed by atoms with E-state index in [2.05, 4.69) is 24.0 Å². The highest BCUT2D eigenvalue weighted by Gasteiger charge is 2.12. The molecule has 0 unspecified atom stereocenters. The number of benzene rings is 2. The van der Waals surface area contributed by atoms with E-state index in [0.717, 1.165) is 23.1 Å². The van der Waals surface area contributed by atoms with Crippen molar-refractivity contribution in [3.8, 4) is 5.69 Å². The van der Waals surface area contributed by atoms with Crippen LogP contribution in [-0.4, -0.2) is 15.5 Å². The van der Waals surface area contributed by atoms with E-state index in [1.807, 2.05) is 22.8 Å². The second kappa shape index (κ2) is 4.81. The third kappa shape index (κ3) is 1.95. The van der Waals surface area contributed by atoms with Crippen LogP contribution in [0.1, 0.15) is 22.8 Å². The molecule has 1 aromatic heterocycles. The zero-order valence-corrected chi connectivity index (χ0v) is 11.2. The van der Waals surface area contributed by atoms with Crippen molar-refractivity contribution < 1.29 is 4.79 Å². The van der Waals surface area contributed by atoms with E-state index in [-0.39, 0.29) is 0 Å². The summed E-state index contributed by atoms with van der Waals surface area (Å²) in [6.07, 6.45) is 2.68. The van der Waals surface area contributed by atoms with E-state index in [1.165, 1.54) is 5.56 Å². The number of carbonyl (C=O) groups excluding carboxylic acids is 1. The summed E-state index contributed by atoms with van der Waals surface area (Å²) in [5.41, 5.74) is 9.82. The van der Waals surface area contributed by atoms with Crippen LogP contribution in [-0.2, 0) is 6.42 Å². The monoisotopic (exact) mass is 265 g/mol. The molecule has 0 saturated carbocycles. The van der Waals surface area contributed by atoms with Gasteiger partial charge in [-0.3, -0.25) is 9.36 Å². The van der Waals surface area contributed by atoms with E-state index in [9.17, 15) is 4.79 Å². The molecule has 1 amide bonds. The molecule has 0 aliphatic carbocycles. The van der Waals surface area contributed by atoms with Crippen LogP contribution in [0, 0.1) is 0 Å². The predicted octanol–water partition coefficient (Wildman–Crippen LogP) is 2.69. The first-order chi connectivity index (χ1) is 9.70. The number of fused-ring (bicyclic) bond motifs is 1. The Morgan fingerprint density at radius 1 is 1.25 bits per heavy atom. The highest BCUT2D eigenvalue weighted by molar-refractivity contribution is 5.97. The Hall–Kier alpha value is -2.62. The average Bonchev–Trinajstić information content (AvgIpc) is 2.89. The summed E-state index contributed by atoms with van der Waals surface area (Å²) in [7, 11) is 0. The molecule has 4 heteroatoms. The molecule has 3 rings (SSSR count). The molecule has 100 valence electrons. The minimum Gasteiger partial charge on any atom is -0.366 e. The van der Waals surface area contributed by atoms with Crippen molar-refractivity contribution in [2.75, 3.05) is 0 Å². The van der Waals surface area contributed by atoms with Gasteiger partial charge in [-0.05, 0) is 36.2 Å². The van der Waals surface area contributed by atoms with Gasteiger partial charge in [-0.2, -0.15) is 0 Å². The molecule has 0 saturated heterocycles. The molecule has 0 aliphatic rings. The van der Waals surface area contributed by atoms with Gasteiger partial charge in [-0.1, -0.05) is 25.1 Å². The van der Waals surface area contributed by atoms with Gasteiger partial charge in [0.25, 0.3) is 5.91 Å². The number of rotatable bonds is 3. The molecule has 2 N–H and O–H groups in total. The lowest BCUT2D eigenvalue weighted by atomic mass is 10.1. The Balaban J connectivity index is 2.27. The van der Waals surface area contributed by atoms with Crippen molar-refractivity contribution in [1.82, 2.24) is 9.55 Å². The molecule has 0 spiro atoms. The van der Waals surface area contributed by atoms with Crippen molar-refractivity contribution in [2.24, 2.45) is 5.73 Å². The van der Waals surface area contributed by atoms with Gasteiger partial charge in [0.15, 0.2) is 0 Å². The maximum atomic E-state index is 11.6. The molecule has 4 nitrogen and oxygen atoms in total. The third-order valence-corrected chi connectivity index (χ3v) is 3.45. The Labute approximate surface area is 116 Å². The fourth-order valence-corrected chi connectivity index (χ4v) is 2.36. The summed E-state index contributed by atoms with van der Waals surface area (Å²) in [4.78, 5) is 15.9. The van der Waals surface area contributed by atoms with Gasteiger partial charge in [-0.25, -0.2) is 4.98 Å². The number of aromatic nitrogens is 2. The zero-order valence-electron chi connectivity index (χ0n) is 11.2. The van der Waals surface area contributed by atoms with Crippen LogP contribution in [0.15, 0.2) is 48.8 Å². The van der Waals surface area contributed by atoms with E-state index >= 15 is 0 Å². The van der Waals surface area contributed by atoms with Crippen LogP contribution in [0.3, 0.4) is 0 Å². The summed E-state index contributed by atoms with van der Waals surface area (Å²) in [5.74, 6) is -0.436. The van der Waals surface area contributed by atoms with Gasteiger partial charge in [0, 0.05) is 0 Å². The third-order valence-electron chi connectivity index (χ3n) is 3.45. The molecule has 2 aromatic carbocycles. The number of aryl methyl sites for hydroxylation is 1. The number of primary amides is 1. The number of hydrogen-bond donors (Lipinski definition) is 1. The van der Waals surface area contributed by atoms with Crippen molar-refractivity contribution in [1.29, 1.82) is 0 Å². The minimum atomic E-state index is -0.436. The molecule has 0 atom stereocenters. The minimum absolute atomic E-state index is 0.436. The molecule has 3 aromatic rings. The van der Waals surface area contributed by atoms with Crippen molar-refractivity contribution >= 4 is 16.9 Å². The second-order valence-electron chi connectivity index (χ2n) is 4.67.